The standard InChI is InChI=1S/C10H21N/c1-9(2)6-7-11-8-10(3,4)5/h7,9H,6,8H2,1-5H3. The van der Waals surface area contributed by atoms with Crippen LogP contribution in [0.2, 0.25) is 0 Å². The zero-order valence-corrected chi connectivity index (χ0v) is 8.52. The Bertz CT molecular complexity index is 117. The molecule has 0 aliphatic heterocycles. The molecule has 0 spiro atoms. The molecule has 0 N–H and O–H groups in total. The van der Waals surface area contributed by atoms with Crippen molar-refractivity contribution in [1.29, 1.82) is 0 Å². The average molecular weight is 155 g/mol. The molecule has 0 saturated heterocycles. The molecule has 0 aromatic rings. The third kappa shape index (κ3) is 9.67. The minimum Gasteiger partial charge on any atom is -0.297 e. The van der Waals surface area contributed by atoms with Gasteiger partial charge in [0.2, 0.25) is 0 Å². The molecule has 66 valence electrons. The Morgan fingerprint density at radius 3 is 2.18 bits per heavy atom. The van der Waals surface area contributed by atoms with Gasteiger partial charge in [-0.05, 0) is 24.0 Å². The van der Waals surface area contributed by atoms with E-state index < -0.39 is 0 Å². The lowest BCUT2D eigenvalue weighted by Crippen LogP contribution is -2.09. The zero-order chi connectivity index (χ0) is 8.91. The first-order chi connectivity index (χ1) is 4.92. The fourth-order valence-electron chi connectivity index (χ4n) is 0.624. The van der Waals surface area contributed by atoms with Gasteiger partial charge < -0.3 is 0 Å². The first-order valence-electron chi connectivity index (χ1n) is 4.40. The fourth-order valence-corrected chi connectivity index (χ4v) is 0.624. The van der Waals surface area contributed by atoms with Crippen molar-refractivity contribution in [1.82, 2.24) is 0 Å². The number of nitrogens with zero attached hydrogens (tertiary/aromatic N) is 1. The van der Waals surface area contributed by atoms with E-state index >= 15 is 0 Å². The third-order valence-corrected chi connectivity index (χ3v) is 1.27. The lowest BCUT2D eigenvalue weighted by molar-refractivity contribution is 0.429. The van der Waals surface area contributed by atoms with Gasteiger partial charge in [-0.1, -0.05) is 34.6 Å². The van der Waals surface area contributed by atoms with Crippen molar-refractivity contribution in [3.63, 3.8) is 0 Å². The fraction of sp³-hybridized carbons (Fsp3) is 0.900. The van der Waals surface area contributed by atoms with Gasteiger partial charge in [0.25, 0.3) is 0 Å². The van der Waals surface area contributed by atoms with Crippen LogP contribution in [0.4, 0.5) is 0 Å². The SMILES string of the molecule is CC(C)CC=NCC(C)(C)C. The van der Waals surface area contributed by atoms with Gasteiger partial charge in [0.1, 0.15) is 0 Å². The van der Waals surface area contributed by atoms with Crippen molar-refractivity contribution in [2.24, 2.45) is 16.3 Å². The zero-order valence-electron chi connectivity index (χ0n) is 8.52. The van der Waals surface area contributed by atoms with Crippen LogP contribution >= 0.6 is 0 Å². The largest absolute Gasteiger partial charge is 0.297 e. The Morgan fingerprint density at radius 2 is 1.82 bits per heavy atom. The molecule has 0 fully saturated rings. The molecule has 0 bridgehead atoms. The van der Waals surface area contributed by atoms with E-state index in [1.165, 1.54) is 0 Å². The van der Waals surface area contributed by atoms with Crippen molar-refractivity contribution in [3.8, 4) is 0 Å². The number of hydrogen-bond acceptors (Lipinski definition) is 1. The maximum Gasteiger partial charge on any atom is 0.0433 e. The van der Waals surface area contributed by atoms with Gasteiger partial charge in [-0.25, -0.2) is 0 Å². The van der Waals surface area contributed by atoms with E-state index in [0.29, 0.717) is 5.41 Å². The number of hydrogen-bond donors (Lipinski definition) is 0. The van der Waals surface area contributed by atoms with Crippen LogP contribution in [0.1, 0.15) is 41.0 Å². The second kappa shape index (κ2) is 4.53. The molecule has 0 radical (unpaired) electrons. The van der Waals surface area contributed by atoms with E-state index in [2.05, 4.69) is 45.8 Å². The molecular formula is C10H21N. The normalized spacial score (nSPS) is 13.3. The first-order valence-corrected chi connectivity index (χ1v) is 4.40. The molecular weight excluding hydrogens is 134 g/mol. The van der Waals surface area contributed by atoms with Gasteiger partial charge >= 0.3 is 0 Å². The van der Waals surface area contributed by atoms with Gasteiger partial charge in [-0.3, -0.25) is 4.99 Å². The summed E-state index contributed by atoms with van der Waals surface area (Å²) in [5.41, 5.74) is 0.341. The summed E-state index contributed by atoms with van der Waals surface area (Å²) in [6.45, 7) is 12.0. The molecule has 0 amide bonds. The van der Waals surface area contributed by atoms with Gasteiger partial charge in [0, 0.05) is 6.54 Å². The van der Waals surface area contributed by atoms with E-state index in [-0.39, 0.29) is 0 Å². The van der Waals surface area contributed by atoms with Gasteiger partial charge in [-0.15, -0.1) is 0 Å². The molecule has 1 heteroatoms. The van der Waals surface area contributed by atoms with Crippen LogP contribution in [0, 0.1) is 11.3 Å². The van der Waals surface area contributed by atoms with Crippen LogP contribution in [0.25, 0.3) is 0 Å². The van der Waals surface area contributed by atoms with Crippen molar-refractivity contribution in [2.75, 3.05) is 6.54 Å². The molecule has 0 aromatic heterocycles. The van der Waals surface area contributed by atoms with Gasteiger partial charge in [-0.2, -0.15) is 0 Å². The van der Waals surface area contributed by atoms with Gasteiger partial charge in [0.05, 0.1) is 0 Å². The molecule has 11 heavy (non-hydrogen) atoms. The highest BCUT2D eigenvalue weighted by Gasteiger charge is 2.06. The monoisotopic (exact) mass is 155 g/mol. The Labute approximate surface area is 70.9 Å². The minimum absolute atomic E-state index is 0.341. The first kappa shape index (κ1) is 10.7. The molecule has 0 heterocycles. The van der Waals surface area contributed by atoms with Crippen molar-refractivity contribution < 1.29 is 0 Å². The van der Waals surface area contributed by atoms with Crippen LogP contribution in [-0.4, -0.2) is 12.8 Å². The lowest BCUT2D eigenvalue weighted by Gasteiger charge is -2.13. The second-order valence-electron chi connectivity index (χ2n) is 4.71. The van der Waals surface area contributed by atoms with Crippen LogP contribution in [0.5, 0.6) is 0 Å². The molecule has 0 aromatic carbocycles. The van der Waals surface area contributed by atoms with E-state index in [1.807, 2.05) is 0 Å². The Morgan fingerprint density at radius 1 is 1.27 bits per heavy atom. The van der Waals surface area contributed by atoms with E-state index in [9.17, 15) is 0 Å². The van der Waals surface area contributed by atoms with Gasteiger partial charge in [0.15, 0.2) is 0 Å². The van der Waals surface area contributed by atoms with Crippen LogP contribution < -0.4 is 0 Å². The summed E-state index contributed by atoms with van der Waals surface area (Å²) in [7, 11) is 0. The summed E-state index contributed by atoms with van der Waals surface area (Å²) in [4.78, 5) is 4.36. The summed E-state index contributed by atoms with van der Waals surface area (Å²) in [5, 5.41) is 0. The topological polar surface area (TPSA) is 12.4 Å². The molecule has 1 nitrogen and oxygen atoms in total. The highest BCUT2D eigenvalue weighted by molar-refractivity contribution is 5.57. The van der Waals surface area contributed by atoms with Crippen molar-refractivity contribution in [3.05, 3.63) is 0 Å². The van der Waals surface area contributed by atoms with E-state index in [0.717, 1.165) is 18.9 Å². The maximum absolute atomic E-state index is 4.36. The summed E-state index contributed by atoms with van der Waals surface area (Å²) < 4.78 is 0. The maximum atomic E-state index is 4.36. The minimum atomic E-state index is 0.341. The Kier molecular flexibility index (Phi) is 4.39. The number of aliphatic imine (C=N–C) groups is 1. The highest BCUT2D eigenvalue weighted by Crippen LogP contribution is 2.12. The Balaban J connectivity index is 3.46. The second-order valence-corrected chi connectivity index (χ2v) is 4.71. The van der Waals surface area contributed by atoms with Crippen molar-refractivity contribution in [2.45, 2.75) is 41.0 Å². The summed E-state index contributed by atoms with van der Waals surface area (Å²) in [6, 6.07) is 0. The molecule has 0 aliphatic carbocycles. The lowest BCUT2D eigenvalue weighted by atomic mass is 9.97. The smallest absolute Gasteiger partial charge is 0.0433 e. The van der Waals surface area contributed by atoms with Crippen LogP contribution in [0.15, 0.2) is 4.99 Å². The average Bonchev–Trinajstić information content (AvgIpc) is 1.78. The predicted octanol–water partition coefficient (Wildman–Crippen LogP) is 3.15. The molecule has 0 atom stereocenters. The number of rotatable bonds is 3. The summed E-state index contributed by atoms with van der Waals surface area (Å²) in [6.07, 6.45) is 3.16. The summed E-state index contributed by atoms with van der Waals surface area (Å²) >= 11 is 0. The van der Waals surface area contributed by atoms with Crippen LogP contribution in [-0.2, 0) is 0 Å². The molecule has 0 aliphatic rings. The van der Waals surface area contributed by atoms with E-state index in [1.54, 1.807) is 0 Å². The molecule has 0 saturated carbocycles. The summed E-state index contributed by atoms with van der Waals surface area (Å²) in [5.74, 6) is 0.735. The van der Waals surface area contributed by atoms with E-state index in [4.69, 9.17) is 0 Å². The van der Waals surface area contributed by atoms with Crippen LogP contribution in [0.3, 0.4) is 0 Å². The highest BCUT2D eigenvalue weighted by atomic mass is 14.7. The quantitative estimate of drug-likeness (QED) is 0.555. The Hall–Kier alpha value is -0.330. The molecule has 0 unspecified atom stereocenters. The predicted molar refractivity (Wildman–Crippen MR) is 52.3 cm³/mol. The van der Waals surface area contributed by atoms with Crippen molar-refractivity contribution >= 4 is 6.21 Å². The molecule has 0 rings (SSSR count). The third-order valence-electron chi connectivity index (χ3n) is 1.27.